The van der Waals surface area contributed by atoms with E-state index < -0.39 is 5.60 Å². The molecule has 2 aromatic rings. The number of nitriles is 1. The largest absolute Gasteiger partial charge is 0.483 e. The van der Waals surface area contributed by atoms with Gasteiger partial charge >= 0.3 is 0 Å². The predicted octanol–water partition coefficient (Wildman–Crippen LogP) is 3.17. The van der Waals surface area contributed by atoms with Gasteiger partial charge in [0.25, 0.3) is 5.56 Å². The minimum absolute atomic E-state index is 0.0927. The van der Waals surface area contributed by atoms with Gasteiger partial charge in [-0.3, -0.25) is 9.36 Å². The summed E-state index contributed by atoms with van der Waals surface area (Å²) in [6.45, 7) is 5.88. The smallest absolute Gasteiger partial charge is 0.255 e. The Balaban J connectivity index is 2.34. The highest BCUT2D eigenvalue weighted by molar-refractivity contribution is 5.77. The van der Waals surface area contributed by atoms with Gasteiger partial charge < -0.3 is 4.74 Å². The fourth-order valence-corrected chi connectivity index (χ4v) is 2.63. The van der Waals surface area contributed by atoms with E-state index in [1.807, 2.05) is 32.9 Å². The van der Waals surface area contributed by atoms with Crippen LogP contribution in [0.15, 0.2) is 53.0 Å². The van der Waals surface area contributed by atoms with Crippen LogP contribution >= 0.6 is 0 Å². The fourth-order valence-electron chi connectivity index (χ4n) is 2.63. The number of rotatable bonds is 1. The Labute approximate surface area is 128 Å². The minimum atomic E-state index is -0.550. The maximum absolute atomic E-state index is 12.2. The molecule has 1 aromatic carbocycles. The summed E-state index contributed by atoms with van der Waals surface area (Å²) < 4.78 is 7.67. The van der Waals surface area contributed by atoms with Gasteiger partial charge in [0.15, 0.2) is 0 Å². The van der Waals surface area contributed by atoms with E-state index in [4.69, 9.17) is 10.00 Å². The van der Waals surface area contributed by atoms with Crippen molar-refractivity contribution in [2.45, 2.75) is 26.4 Å². The Hall–Kier alpha value is -2.80. The summed E-state index contributed by atoms with van der Waals surface area (Å²) in [6, 6.07) is 12.5. The molecule has 0 atom stereocenters. The van der Waals surface area contributed by atoms with Crippen LogP contribution in [0.3, 0.4) is 0 Å². The minimum Gasteiger partial charge on any atom is -0.483 e. The summed E-state index contributed by atoms with van der Waals surface area (Å²) in [4.78, 5) is 12.2. The summed E-state index contributed by atoms with van der Waals surface area (Å²) in [6.07, 6.45) is 1.75. The van der Waals surface area contributed by atoms with Crippen molar-refractivity contribution in [1.29, 1.82) is 5.26 Å². The number of fused-ring (bicyclic) bond motifs is 1. The number of benzene rings is 1. The molecule has 0 bridgehead atoms. The summed E-state index contributed by atoms with van der Waals surface area (Å²) in [5.41, 5.74) is 2.51. The molecule has 0 fully saturated rings. The molecule has 0 radical (unpaired) electrons. The van der Waals surface area contributed by atoms with E-state index in [0.717, 1.165) is 16.8 Å². The molecule has 2 heterocycles. The molecular weight excluding hydrogens is 276 g/mol. The van der Waals surface area contributed by atoms with Gasteiger partial charge in [-0.1, -0.05) is 6.07 Å². The zero-order valence-corrected chi connectivity index (χ0v) is 12.8. The molecule has 4 nitrogen and oxygen atoms in total. The lowest BCUT2D eigenvalue weighted by molar-refractivity contribution is 0.143. The molecule has 0 unspecified atom stereocenters. The first kappa shape index (κ1) is 14.2. The second-order valence-corrected chi connectivity index (χ2v) is 5.82. The van der Waals surface area contributed by atoms with Crippen molar-refractivity contribution in [3.8, 4) is 11.8 Å². The molecule has 0 N–H and O–H groups in total. The lowest BCUT2D eigenvalue weighted by Crippen LogP contribution is -2.36. The third kappa shape index (κ3) is 2.11. The van der Waals surface area contributed by atoms with Gasteiger partial charge in [0.05, 0.1) is 17.3 Å². The zero-order valence-electron chi connectivity index (χ0n) is 12.8. The highest BCUT2D eigenvalue weighted by Crippen LogP contribution is 2.41. The van der Waals surface area contributed by atoms with Gasteiger partial charge in [-0.05, 0) is 50.6 Å². The summed E-state index contributed by atoms with van der Waals surface area (Å²) in [5, 5.41) is 9.08. The Morgan fingerprint density at radius 2 is 2.00 bits per heavy atom. The van der Waals surface area contributed by atoms with Crippen molar-refractivity contribution >= 4 is 5.70 Å². The number of pyridine rings is 1. The second-order valence-electron chi connectivity index (χ2n) is 5.82. The van der Waals surface area contributed by atoms with Crippen LogP contribution in [0.1, 0.15) is 31.9 Å². The summed E-state index contributed by atoms with van der Waals surface area (Å²) >= 11 is 0. The van der Waals surface area contributed by atoms with Crippen molar-refractivity contribution in [2.24, 2.45) is 0 Å². The molecule has 1 aliphatic heterocycles. The first-order valence-electron chi connectivity index (χ1n) is 7.07. The van der Waals surface area contributed by atoms with Gasteiger partial charge in [-0.25, -0.2) is 0 Å². The lowest BCUT2D eigenvalue weighted by atomic mass is 9.90. The molecule has 3 rings (SSSR count). The number of ether oxygens (including phenoxy) is 1. The van der Waals surface area contributed by atoms with Gasteiger partial charge in [-0.15, -0.1) is 0 Å². The predicted molar refractivity (Wildman–Crippen MR) is 84.6 cm³/mol. The van der Waals surface area contributed by atoms with Crippen LogP contribution in [0.25, 0.3) is 5.70 Å². The molecule has 0 spiro atoms. The Bertz CT molecular complexity index is 882. The Morgan fingerprint density at radius 3 is 2.68 bits per heavy atom. The van der Waals surface area contributed by atoms with Crippen LogP contribution in [0, 0.1) is 11.3 Å². The average molecular weight is 292 g/mol. The molecule has 4 heteroatoms. The third-order valence-electron chi connectivity index (χ3n) is 4.05. The zero-order chi connectivity index (χ0) is 15.9. The number of hydrogen-bond acceptors (Lipinski definition) is 3. The SMILES string of the molecule is CC1=C(n2ccccc2=O)c2ccc(C#N)cc2OC1(C)C. The van der Waals surface area contributed by atoms with Crippen molar-refractivity contribution in [3.05, 3.63) is 69.6 Å². The van der Waals surface area contributed by atoms with E-state index in [1.165, 1.54) is 6.07 Å². The highest BCUT2D eigenvalue weighted by atomic mass is 16.5. The van der Waals surface area contributed by atoms with E-state index in [-0.39, 0.29) is 5.56 Å². The van der Waals surface area contributed by atoms with Crippen molar-refractivity contribution < 1.29 is 4.74 Å². The van der Waals surface area contributed by atoms with E-state index in [9.17, 15) is 4.79 Å². The quantitative estimate of drug-likeness (QED) is 0.811. The molecule has 0 amide bonds. The van der Waals surface area contributed by atoms with Crippen LogP contribution in [-0.2, 0) is 0 Å². The van der Waals surface area contributed by atoms with Gasteiger partial charge in [0.1, 0.15) is 11.4 Å². The van der Waals surface area contributed by atoms with E-state index in [0.29, 0.717) is 11.3 Å². The monoisotopic (exact) mass is 292 g/mol. The van der Waals surface area contributed by atoms with Gasteiger partial charge in [-0.2, -0.15) is 5.26 Å². The fraction of sp³-hybridized carbons (Fsp3) is 0.222. The molecule has 22 heavy (non-hydrogen) atoms. The molecule has 110 valence electrons. The molecular formula is C18H16N2O2. The normalized spacial score (nSPS) is 15.7. The topological polar surface area (TPSA) is 55.0 Å². The Kier molecular flexibility index (Phi) is 3.14. The second kappa shape index (κ2) is 4.88. The van der Waals surface area contributed by atoms with Crippen molar-refractivity contribution in [1.82, 2.24) is 4.57 Å². The summed E-state index contributed by atoms with van der Waals surface area (Å²) in [7, 11) is 0. The van der Waals surface area contributed by atoms with E-state index >= 15 is 0 Å². The summed E-state index contributed by atoms with van der Waals surface area (Å²) in [5.74, 6) is 0.625. The van der Waals surface area contributed by atoms with E-state index in [2.05, 4.69) is 6.07 Å². The number of nitrogens with zero attached hydrogens (tertiary/aromatic N) is 2. The number of hydrogen-bond donors (Lipinski definition) is 0. The van der Waals surface area contributed by atoms with Crippen LogP contribution in [0.2, 0.25) is 0 Å². The maximum atomic E-state index is 12.2. The molecule has 0 aliphatic carbocycles. The van der Waals surface area contributed by atoms with Crippen LogP contribution in [-0.4, -0.2) is 10.2 Å². The highest BCUT2D eigenvalue weighted by Gasteiger charge is 2.33. The standard InChI is InChI=1S/C18H16N2O2/c1-12-17(20-9-5-4-6-16(20)21)14-8-7-13(11-19)10-15(14)22-18(12,2)3/h4-10H,1-3H3. The van der Waals surface area contributed by atoms with Crippen LogP contribution in [0.4, 0.5) is 0 Å². The molecule has 1 aromatic heterocycles. The molecule has 0 saturated carbocycles. The van der Waals surface area contributed by atoms with Crippen LogP contribution in [0.5, 0.6) is 5.75 Å². The lowest BCUT2D eigenvalue weighted by Gasteiger charge is -2.36. The van der Waals surface area contributed by atoms with Crippen molar-refractivity contribution in [3.63, 3.8) is 0 Å². The van der Waals surface area contributed by atoms with Gasteiger partial charge in [0.2, 0.25) is 0 Å². The van der Waals surface area contributed by atoms with Crippen molar-refractivity contribution in [2.75, 3.05) is 0 Å². The Morgan fingerprint density at radius 1 is 1.23 bits per heavy atom. The van der Waals surface area contributed by atoms with Gasteiger partial charge in [0, 0.05) is 17.8 Å². The molecule has 0 saturated heterocycles. The average Bonchev–Trinajstić information content (AvgIpc) is 2.49. The first-order chi connectivity index (χ1) is 10.4. The maximum Gasteiger partial charge on any atom is 0.255 e. The van der Waals surface area contributed by atoms with E-state index in [1.54, 1.807) is 29.0 Å². The molecule has 1 aliphatic rings. The number of aromatic nitrogens is 1. The third-order valence-corrected chi connectivity index (χ3v) is 4.05. The van der Waals surface area contributed by atoms with Crippen LogP contribution < -0.4 is 10.3 Å². The first-order valence-corrected chi connectivity index (χ1v) is 7.07.